The zero-order valence-electron chi connectivity index (χ0n) is 12.6. The molecule has 0 amide bonds. The molecule has 1 heterocycles. The first-order valence-electron chi connectivity index (χ1n) is 6.95. The highest BCUT2D eigenvalue weighted by Gasteiger charge is 2.15. The van der Waals surface area contributed by atoms with Crippen LogP contribution in [0.4, 0.5) is 4.39 Å². The van der Waals surface area contributed by atoms with Crippen molar-refractivity contribution < 1.29 is 13.9 Å². The van der Waals surface area contributed by atoms with Gasteiger partial charge in [0.25, 0.3) is 0 Å². The van der Waals surface area contributed by atoms with Gasteiger partial charge in [-0.15, -0.1) is 0 Å². The zero-order valence-corrected chi connectivity index (χ0v) is 13.3. The second kappa shape index (κ2) is 5.97. The monoisotopic (exact) mass is 329 g/mol. The first-order valence-corrected chi connectivity index (χ1v) is 7.32. The second-order valence-electron chi connectivity index (χ2n) is 5.14. The van der Waals surface area contributed by atoms with Gasteiger partial charge in [-0.3, -0.25) is 4.98 Å². The molecule has 0 N–H and O–H groups in total. The predicted octanol–water partition coefficient (Wildman–Crippen LogP) is 4.79. The summed E-state index contributed by atoms with van der Waals surface area (Å²) in [7, 11) is 1.30. The van der Waals surface area contributed by atoms with Crippen molar-refractivity contribution in [2.24, 2.45) is 0 Å². The summed E-state index contributed by atoms with van der Waals surface area (Å²) in [6.07, 6.45) is 1.16. The summed E-state index contributed by atoms with van der Waals surface area (Å²) in [5, 5.41) is 1.44. The number of hydrogen-bond acceptors (Lipinski definition) is 3. The number of halogens is 2. The quantitative estimate of drug-likeness (QED) is 0.634. The van der Waals surface area contributed by atoms with E-state index in [1.807, 2.05) is 25.1 Å². The van der Waals surface area contributed by atoms with E-state index in [1.54, 1.807) is 12.1 Å². The molecule has 23 heavy (non-hydrogen) atoms. The lowest BCUT2D eigenvalue weighted by atomic mass is 10.00. The standard InChI is InChI=1S/C18H13ClFNO2/c1-10-4-3-5-13(16(10)19)17-14-8-11(18(22)23-2)6-7-12(14)15(20)9-21-17/h3-9H,1-2H3. The molecule has 0 bridgehead atoms. The summed E-state index contributed by atoms with van der Waals surface area (Å²) in [5.74, 6) is -0.943. The molecule has 0 spiro atoms. The van der Waals surface area contributed by atoms with E-state index in [1.165, 1.54) is 13.2 Å². The smallest absolute Gasteiger partial charge is 0.337 e. The van der Waals surface area contributed by atoms with Crippen molar-refractivity contribution >= 4 is 28.3 Å². The number of fused-ring (bicyclic) bond motifs is 1. The number of ether oxygens (including phenoxy) is 1. The first kappa shape index (κ1) is 15.4. The molecule has 3 nitrogen and oxygen atoms in total. The average Bonchev–Trinajstić information content (AvgIpc) is 2.57. The van der Waals surface area contributed by atoms with E-state index in [4.69, 9.17) is 16.3 Å². The van der Waals surface area contributed by atoms with E-state index in [0.717, 1.165) is 11.8 Å². The number of aromatic nitrogens is 1. The minimum Gasteiger partial charge on any atom is -0.465 e. The molecule has 0 fully saturated rings. The Balaban J connectivity index is 2.34. The van der Waals surface area contributed by atoms with E-state index < -0.39 is 11.8 Å². The third-order valence-corrected chi connectivity index (χ3v) is 4.21. The topological polar surface area (TPSA) is 39.2 Å². The molecular weight excluding hydrogens is 317 g/mol. The Labute approximate surface area is 137 Å². The van der Waals surface area contributed by atoms with Crippen LogP contribution in [0.3, 0.4) is 0 Å². The fraction of sp³-hybridized carbons (Fsp3) is 0.111. The molecule has 0 radical (unpaired) electrons. The van der Waals surface area contributed by atoms with Gasteiger partial charge in [0.05, 0.1) is 29.6 Å². The van der Waals surface area contributed by atoms with Crippen LogP contribution in [0.1, 0.15) is 15.9 Å². The minimum atomic E-state index is -0.488. The lowest BCUT2D eigenvalue weighted by Crippen LogP contribution is -2.01. The second-order valence-corrected chi connectivity index (χ2v) is 5.52. The highest BCUT2D eigenvalue weighted by Crippen LogP contribution is 2.34. The van der Waals surface area contributed by atoms with Crippen molar-refractivity contribution in [3.05, 3.63) is 64.6 Å². The van der Waals surface area contributed by atoms with Gasteiger partial charge < -0.3 is 4.74 Å². The molecule has 116 valence electrons. The van der Waals surface area contributed by atoms with E-state index in [2.05, 4.69) is 4.98 Å². The van der Waals surface area contributed by atoms with Gasteiger partial charge in [-0.05, 0) is 24.6 Å². The number of aryl methyl sites for hydroxylation is 1. The number of esters is 1. The molecule has 0 unspecified atom stereocenters. The summed E-state index contributed by atoms with van der Waals surface area (Å²) in [5.41, 5.74) is 2.45. The van der Waals surface area contributed by atoms with Crippen molar-refractivity contribution in [3.63, 3.8) is 0 Å². The highest BCUT2D eigenvalue weighted by molar-refractivity contribution is 6.34. The molecule has 3 aromatic rings. The molecule has 0 aliphatic rings. The summed E-state index contributed by atoms with van der Waals surface area (Å²) in [6, 6.07) is 10.2. The Morgan fingerprint density at radius 3 is 2.74 bits per heavy atom. The Bertz CT molecular complexity index is 924. The van der Waals surface area contributed by atoms with Gasteiger partial charge in [-0.25, -0.2) is 9.18 Å². The van der Waals surface area contributed by atoms with Gasteiger partial charge >= 0.3 is 5.97 Å². The average molecular weight is 330 g/mol. The minimum absolute atomic E-state index is 0.331. The number of rotatable bonds is 2. The van der Waals surface area contributed by atoms with Gasteiger partial charge in [0, 0.05) is 16.3 Å². The van der Waals surface area contributed by atoms with Gasteiger partial charge in [0.1, 0.15) is 5.82 Å². The predicted molar refractivity (Wildman–Crippen MR) is 88.2 cm³/mol. The number of carbonyl (C=O) groups is 1. The summed E-state index contributed by atoms with van der Waals surface area (Å²) in [6.45, 7) is 1.89. The molecule has 0 aliphatic heterocycles. The van der Waals surface area contributed by atoms with Crippen LogP contribution in [0.5, 0.6) is 0 Å². The van der Waals surface area contributed by atoms with Gasteiger partial charge in [-0.2, -0.15) is 0 Å². The van der Waals surface area contributed by atoms with Crippen molar-refractivity contribution in [1.82, 2.24) is 4.98 Å². The normalized spacial score (nSPS) is 10.8. The molecule has 5 heteroatoms. The molecular formula is C18H13ClFNO2. The van der Waals surface area contributed by atoms with Crippen molar-refractivity contribution in [2.45, 2.75) is 6.92 Å². The fourth-order valence-electron chi connectivity index (χ4n) is 2.50. The maximum absolute atomic E-state index is 14.1. The third-order valence-electron chi connectivity index (χ3n) is 3.71. The van der Waals surface area contributed by atoms with Crippen molar-refractivity contribution in [1.29, 1.82) is 0 Å². The van der Waals surface area contributed by atoms with Crippen LogP contribution in [0.15, 0.2) is 42.6 Å². The zero-order chi connectivity index (χ0) is 16.6. The third kappa shape index (κ3) is 2.66. The molecule has 2 aromatic carbocycles. The highest BCUT2D eigenvalue weighted by atomic mass is 35.5. The van der Waals surface area contributed by atoms with E-state index in [-0.39, 0.29) is 0 Å². The Morgan fingerprint density at radius 2 is 2.00 bits per heavy atom. The molecule has 0 saturated heterocycles. The first-order chi connectivity index (χ1) is 11.0. The summed E-state index contributed by atoms with van der Waals surface area (Å²) < 4.78 is 18.8. The Kier molecular flexibility index (Phi) is 4.01. The van der Waals surface area contributed by atoms with E-state index in [0.29, 0.717) is 32.6 Å². The number of hydrogen-bond donors (Lipinski definition) is 0. The van der Waals surface area contributed by atoms with Crippen molar-refractivity contribution in [3.8, 4) is 11.3 Å². The van der Waals surface area contributed by atoms with Crippen LogP contribution >= 0.6 is 11.6 Å². The Morgan fingerprint density at radius 1 is 1.22 bits per heavy atom. The van der Waals surface area contributed by atoms with Crippen molar-refractivity contribution in [2.75, 3.05) is 7.11 Å². The molecule has 3 rings (SSSR count). The lowest BCUT2D eigenvalue weighted by molar-refractivity contribution is 0.0601. The maximum atomic E-state index is 14.1. The lowest BCUT2D eigenvalue weighted by Gasteiger charge is -2.11. The van der Waals surface area contributed by atoms with Crippen LogP contribution in [-0.2, 0) is 4.74 Å². The van der Waals surface area contributed by atoms with Crippen LogP contribution in [-0.4, -0.2) is 18.1 Å². The number of pyridine rings is 1. The maximum Gasteiger partial charge on any atom is 0.337 e. The molecule has 0 aliphatic carbocycles. The largest absolute Gasteiger partial charge is 0.465 e. The molecule has 0 saturated carbocycles. The van der Waals surface area contributed by atoms with Gasteiger partial charge in [0.2, 0.25) is 0 Å². The Hall–Kier alpha value is -2.46. The van der Waals surface area contributed by atoms with Crippen LogP contribution in [0.2, 0.25) is 5.02 Å². The number of carbonyl (C=O) groups excluding carboxylic acids is 1. The van der Waals surface area contributed by atoms with Crippen LogP contribution in [0.25, 0.3) is 22.0 Å². The summed E-state index contributed by atoms with van der Waals surface area (Å²) in [4.78, 5) is 15.9. The van der Waals surface area contributed by atoms with Crippen LogP contribution in [0, 0.1) is 12.7 Å². The van der Waals surface area contributed by atoms with Crippen LogP contribution < -0.4 is 0 Å². The number of nitrogens with zero attached hydrogens (tertiary/aromatic N) is 1. The van der Waals surface area contributed by atoms with E-state index in [9.17, 15) is 9.18 Å². The summed E-state index contributed by atoms with van der Waals surface area (Å²) >= 11 is 6.37. The number of methoxy groups -OCH3 is 1. The van der Waals surface area contributed by atoms with E-state index >= 15 is 0 Å². The molecule has 0 atom stereocenters. The number of benzene rings is 2. The SMILES string of the molecule is COC(=O)c1ccc2c(F)cnc(-c3cccc(C)c3Cl)c2c1. The van der Waals surface area contributed by atoms with Gasteiger partial charge in [-0.1, -0.05) is 35.9 Å². The molecule has 1 aromatic heterocycles. The fourth-order valence-corrected chi connectivity index (χ4v) is 2.71. The van der Waals surface area contributed by atoms with Gasteiger partial charge in [0.15, 0.2) is 0 Å².